The van der Waals surface area contributed by atoms with Crippen LogP contribution in [-0.4, -0.2) is 27.8 Å². The molecule has 0 saturated heterocycles. The number of rotatable bonds is 4. The Morgan fingerprint density at radius 1 is 1.43 bits per heavy atom. The normalized spacial score (nSPS) is 12.0. The molecule has 6 nitrogen and oxygen atoms in total. The predicted octanol–water partition coefficient (Wildman–Crippen LogP) is 3.52. The van der Waals surface area contributed by atoms with E-state index in [1.54, 1.807) is 31.4 Å². The number of nitro benzene ring substituents is 1. The van der Waals surface area contributed by atoms with Crippen molar-refractivity contribution in [2.75, 3.05) is 7.05 Å². The molecule has 0 aliphatic heterocycles. The molecule has 0 radical (unpaired) electrons. The Kier molecular flexibility index (Phi) is 4.42. The molecule has 1 aromatic carbocycles. The minimum Gasteiger partial charge on any atom is -0.356 e. The second kappa shape index (κ2) is 6.09. The highest BCUT2D eigenvalue weighted by Crippen LogP contribution is 2.24. The van der Waals surface area contributed by atoms with Crippen LogP contribution in [0.5, 0.6) is 0 Å². The molecule has 7 heteroatoms. The number of benzene rings is 1. The van der Waals surface area contributed by atoms with Crippen molar-refractivity contribution >= 4 is 27.5 Å². The highest BCUT2D eigenvalue weighted by Gasteiger charge is 2.21. The number of halogens is 1. The minimum absolute atomic E-state index is 0.0165. The van der Waals surface area contributed by atoms with Crippen LogP contribution in [0.1, 0.15) is 29.0 Å². The first-order valence-electron chi connectivity index (χ1n) is 6.25. The summed E-state index contributed by atoms with van der Waals surface area (Å²) >= 11 is 3.28. The smallest absolute Gasteiger partial charge is 0.270 e. The van der Waals surface area contributed by atoms with E-state index in [4.69, 9.17) is 0 Å². The average Bonchev–Trinajstić information content (AvgIpc) is 2.91. The van der Waals surface area contributed by atoms with Crippen molar-refractivity contribution in [1.29, 1.82) is 0 Å². The van der Waals surface area contributed by atoms with Gasteiger partial charge in [0.2, 0.25) is 0 Å². The van der Waals surface area contributed by atoms with E-state index >= 15 is 0 Å². The fraction of sp³-hybridized carbons (Fsp3) is 0.214. The van der Waals surface area contributed by atoms with Gasteiger partial charge in [-0.25, -0.2) is 0 Å². The maximum Gasteiger partial charge on any atom is 0.270 e. The summed E-state index contributed by atoms with van der Waals surface area (Å²) in [6, 6.07) is 7.72. The summed E-state index contributed by atoms with van der Waals surface area (Å²) in [4.78, 5) is 27.1. The molecule has 1 amide bonds. The number of nitro groups is 1. The van der Waals surface area contributed by atoms with Crippen LogP contribution in [0.4, 0.5) is 5.69 Å². The number of carbonyl (C=O) groups is 1. The Balaban J connectivity index is 2.22. The molecule has 21 heavy (non-hydrogen) atoms. The maximum atomic E-state index is 12.3. The molecule has 0 aliphatic rings. The number of carbonyl (C=O) groups excluding carboxylic acids is 1. The predicted molar refractivity (Wildman–Crippen MR) is 82.1 cm³/mol. The summed E-state index contributed by atoms with van der Waals surface area (Å²) < 4.78 is 0.794. The number of nitrogens with zero attached hydrogens (tertiary/aromatic N) is 2. The fourth-order valence-corrected chi connectivity index (χ4v) is 2.32. The van der Waals surface area contributed by atoms with Crippen molar-refractivity contribution in [3.8, 4) is 0 Å². The Hall–Kier alpha value is -2.15. The summed E-state index contributed by atoms with van der Waals surface area (Å²) in [5.41, 5.74) is 1.19. The summed E-state index contributed by atoms with van der Waals surface area (Å²) in [6.07, 6.45) is 1.68. The third-order valence-corrected chi connectivity index (χ3v) is 3.80. The van der Waals surface area contributed by atoms with Gasteiger partial charge in [0.05, 0.1) is 11.0 Å². The molecule has 110 valence electrons. The summed E-state index contributed by atoms with van der Waals surface area (Å²) in [6.45, 7) is 1.83. The van der Waals surface area contributed by atoms with Gasteiger partial charge in [-0.2, -0.15) is 0 Å². The molecule has 0 fully saturated rings. The van der Waals surface area contributed by atoms with Gasteiger partial charge in [0.15, 0.2) is 0 Å². The largest absolute Gasteiger partial charge is 0.356 e. The molecule has 1 unspecified atom stereocenters. The third kappa shape index (κ3) is 3.30. The number of non-ortho nitro benzene ring substituents is 1. The molecule has 0 spiro atoms. The molecule has 1 heterocycles. The van der Waals surface area contributed by atoms with Gasteiger partial charge in [0, 0.05) is 29.8 Å². The van der Waals surface area contributed by atoms with Crippen molar-refractivity contribution in [3.63, 3.8) is 0 Å². The number of H-pyrrole nitrogens is 1. The van der Waals surface area contributed by atoms with Gasteiger partial charge in [0.1, 0.15) is 5.69 Å². The van der Waals surface area contributed by atoms with Gasteiger partial charge in [-0.05, 0) is 34.5 Å². The van der Waals surface area contributed by atoms with Crippen molar-refractivity contribution in [3.05, 3.63) is 62.4 Å². The number of hydrogen-bond acceptors (Lipinski definition) is 3. The van der Waals surface area contributed by atoms with E-state index in [-0.39, 0.29) is 17.6 Å². The molecule has 1 aromatic heterocycles. The number of nitrogens with one attached hydrogen (secondary N) is 1. The molecule has 0 aliphatic carbocycles. The van der Waals surface area contributed by atoms with Crippen LogP contribution in [0.15, 0.2) is 41.0 Å². The highest BCUT2D eigenvalue weighted by molar-refractivity contribution is 9.10. The highest BCUT2D eigenvalue weighted by atomic mass is 79.9. The second-order valence-electron chi connectivity index (χ2n) is 4.68. The molecule has 0 saturated carbocycles. The molecular weight excluding hydrogens is 338 g/mol. The maximum absolute atomic E-state index is 12.3. The zero-order valence-corrected chi connectivity index (χ0v) is 13.1. The van der Waals surface area contributed by atoms with Crippen molar-refractivity contribution in [1.82, 2.24) is 9.88 Å². The van der Waals surface area contributed by atoms with Crippen LogP contribution in [0.3, 0.4) is 0 Å². The summed E-state index contributed by atoms with van der Waals surface area (Å²) in [7, 11) is 1.67. The lowest BCUT2D eigenvalue weighted by Gasteiger charge is -2.24. The van der Waals surface area contributed by atoms with Crippen molar-refractivity contribution < 1.29 is 9.72 Å². The lowest BCUT2D eigenvalue weighted by atomic mass is 10.1. The third-order valence-electron chi connectivity index (χ3n) is 3.34. The van der Waals surface area contributed by atoms with Crippen LogP contribution in [-0.2, 0) is 0 Å². The van der Waals surface area contributed by atoms with Crippen LogP contribution in [0, 0.1) is 10.1 Å². The lowest BCUT2D eigenvalue weighted by molar-refractivity contribution is -0.384. The monoisotopic (exact) mass is 351 g/mol. The van der Waals surface area contributed by atoms with Crippen molar-refractivity contribution in [2.45, 2.75) is 13.0 Å². The Morgan fingerprint density at radius 2 is 2.14 bits per heavy atom. The molecule has 1 N–H and O–H groups in total. The zero-order valence-electron chi connectivity index (χ0n) is 11.5. The van der Waals surface area contributed by atoms with E-state index in [0.29, 0.717) is 11.3 Å². The average molecular weight is 352 g/mol. The topological polar surface area (TPSA) is 79.2 Å². The quantitative estimate of drug-likeness (QED) is 0.675. The van der Waals surface area contributed by atoms with E-state index < -0.39 is 4.92 Å². The first-order chi connectivity index (χ1) is 9.90. The van der Waals surface area contributed by atoms with E-state index in [9.17, 15) is 14.9 Å². The lowest BCUT2D eigenvalue weighted by Crippen LogP contribution is -2.29. The van der Waals surface area contributed by atoms with Gasteiger partial charge < -0.3 is 9.88 Å². The zero-order chi connectivity index (χ0) is 15.6. The van der Waals surface area contributed by atoms with E-state index in [2.05, 4.69) is 20.9 Å². The molecule has 1 atom stereocenters. The van der Waals surface area contributed by atoms with Gasteiger partial charge in [0.25, 0.3) is 11.6 Å². The Bertz CT molecular complexity index is 684. The number of aromatic nitrogens is 1. The van der Waals surface area contributed by atoms with Gasteiger partial charge in [-0.15, -0.1) is 0 Å². The van der Waals surface area contributed by atoms with E-state index in [1.165, 1.54) is 17.0 Å². The minimum atomic E-state index is -0.444. The molecule has 2 aromatic rings. The first-order valence-corrected chi connectivity index (χ1v) is 7.05. The van der Waals surface area contributed by atoms with Gasteiger partial charge in [-0.3, -0.25) is 14.9 Å². The molecular formula is C14H14BrN3O3. The fourth-order valence-electron chi connectivity index (χ4n) is 1.98. The SMILES string of the molecule is CC(c1cccc([N+](=O)[O-])c1)N(C)C(=O)c1cc(Br)c[nH]1. The van der Waals surface area contributed by atoms with Crippen LogP contribution in [0.25, 0.3) is 0 Å². The molecule has 0 bridgehead atoms. The Labute approximate surface area is 130 Å². The van der Waals surface area contributed by atoms with Crippen molar-refractivity contribution in [2.24, 2.45) is 0 Å². The van der Waals surface area contributed by atoms with E-state index in [1.807, 2.05) is 6.92 Å². The summed E-state index contributed by atoms with van der Waals surface area (Å²) in [5, 5.41) is 10.8. The standard InChI is InChI=1S/C14H14BrN3O3/c1-9(10-4-3-5-12(6-10)18(20)21)17(2)14(19)13-7-11(15)8-16-13/h3-9,16H,1-2H3. The van der Waals surface area contributed by atoms with Crippen LogP contribution >= 0.6 is 15.9 Å². The summed E-state index contributed by atoms with van der Waals surface area (Å²) in [5.74, 6) is -0.181. The number of hydrogen-bond donors (Lipinski definition) is 1. The number of amides is 1. The van der Waals surface area contributed by atoms with Gasteiger partial charge >= 0.3 is 0 Å². The second-order valence-corrected chi connectivity index (χ2v) is 5.59. The van der Waals surface area contributed by atoms with Crippen LogP contribution in [0.2, 0.25) is 0 Å². The van der Waals surface area contributed by atoms with Crippen LogP contribution < -0.4 is 0 Å². The Morgan fingerprint density at radius 3 is 2.71 bits per heavy atom. The molecule has 2 rings (SSSR count). The first kappa shape index (κ1) is 15.2. The van der Waals surface area contributed by atoms with E-state index in [0.717, 1.165) is 4.47 Å². The number of aromatic amines is 1. The van der Waals surface area contributed by atoms with Gasteiger partial charge in [-0.1, -0.05) is 12.1 Å².